The highest BCUT2D eigenvalue weighted by Crippen LogP contribution is 2.45. The average molecular weight is 499 g/mol. The molecule has 0 saturated carbocycles. The first-order valence-corrected chi connectivity index (χ1v) is 11.2. The van der Waals surface area contributed by atoms with Crippen molar-refractivity contribution in [2.45, 2.75) is 13.0 Å². The number of halogens is 2. The summed E-state index contributed by atoms with van der Waals surface area (Å²) in [7, 11) is 1.39. The number of amides is 1. The number of rotatable bonds is 5. The molecule has 10 heteroatoms. The highest BCUT2D eigenvalue weighted by molar-refractivity contribution is 7.22. The standard InChI is InChI=1S/C24H16ClFN2O5S/c1-11-3-8-17(33-11)21(29)19-20(14-6-5-13(32-2)10-15(14)26)28(23(31)22(19)30)24-27-16-7-4-12(25)9-18(16)34-24/h3-10,20,30H,1-2H3. The van der Waals surface area contributed by atoms with Crippen molar-refractivity contribution in [3.05, 3.63) is 87.8 Å². The van der Waals surface area contributed by atoms with E-state index in [1.807, 2.05) is 0 Å². The minimum absolute atomic E-state index is 0.0119. The van der Waals surface area contributed by atoms with E-state index in [9.17, 15) is 14.7 Å². The molecule has 1 aliphatic rings. The van der Waals surface area contributed by atoms with E-state index in [4.69, 9.17) is 20.8 Å². The summed E-state index contributed by atoms with van der Waals surface area (Å²) in [6.07, 6.45) is 0. The Bertz CT molecular complexity index is 1510. The molecule has 1 amide bonds. The van der Waals surface area contributed by atoms with Crippen molar-refractivity contribution in [3.63, 3.8) is 0 Å². The van der Waals surface area contributed by atoms with Gasteiger partial charge in [-0.2, -0.15) is 0 Å². The van der Waals surface area contributed by atoms with E-state index in [-0.39, 0.29) is 27.8 Å². The third-order valence-corrected chi connectivity index (χ3v) is 6.72. The van der Waals surface area contributed by atoms with E-state index in [0.717, 1.165) is 22.3 Å². The summed E-state index contributed by atoms with van der Waals surface area (Å²) in [6, 6.07) is 10.8. The van der Waals surface area contributed by atoms with Crippen LogP contribution >= 0.6 is 22.9 Å². The van der Waals surface area contributed by atoms with E-state index >= 15 is 4.39 Å². The van der Waals surface area contributed by atoms with E-state index in [2.05, 4.69) is 4.98 Å². The molecular weight excluding hydrogens is 483 g/mol. The predicted octanol–water partition coefficient (Wildman–Crippen LogP) is 5.78. The number of benzene rings is 2. The number of methoxy groups -OCH3 is 1. The molecule has 1 N–H and O–H groups in total. The van der Waals surface area contributed by atoms with Gasteiger partial charge in [-0.05, 0) is 49.4 Å². The summed E-state index contributed by atoms with van der Waals surface area (Å²) in [4.78, 5) is 32.2. The fraction of sp³-hybridized carbons (Fsp3) is 0.125. The second-order valence-electron chi connectivity index (χ2n) is 7.58. The summed E-state index contributed by atoms with van der Waals surface area (Å²) in [5.41, 5.74) is 0.245. The Balaban J connectivity index is 1.70. The van der Waals surface area contributed by atoms with E-state index < -0.39 is 29.3 Å². The fourth-order valence-corrected chi connectivity index (χ4v) is 5.13. The number of anilines is 1. The molecular formula is C24H16ClFN2O5S. The maximum absolute atomic E-state index is 15.2. The molecule has 5 rings (SSSR count). The van der Waals surface area contributed by atoms with Crippen LogP contribution in [0.2, 0.25) is 5.02 Å². The zero-order valence-corrected chi connectivity index (χ0v) is 19.4. The summed E-state index contributed by atoms with van der Waals surface area (Å²) < 4.78 is 26.4. The van der Waals surface area contributed by atoms with Gasteiger partial charge < -0.3 is 14.3 Å². The molecule has 7 nitrogen and oxygen atoms in total. The number of carbonyl (C=O) groups is 2. The molecule has 0 spiro atoms. The van der Waals surface area contributed by atoms with Crippen molar-refractivity contribution < 1.29 is 28.2 Å². The van der Waals surface area contributed by atoms with Crippen molar-refractivity contribution in [1.29, 1.82) is 0 Å². The maximum Gasteiger partial charge on any atom is 0.296 e. The van der Waals surface area contributed by atoms with Gasteiger partial charge in [-0.1, -0.05) is 22.9 Å². The quantitative estimate of drug-likeness (QED) is 0.350. The summed E-state index contributed by atoms with van der Waals surface area (Å²) in [6.45, 7) is 1.66. The number of thiazole rings is 1. The summed E-state index contributed by atoms with van der Waals surface area (Å²) in [5.74, 6) is -2.47. The molecule has 2 aromatic carbocycles. The average Bonchev–Trinajstić information content (AvgIpc) is 3.49. The van der Waals surface area contributed by atoms with E-state index in [1.54, 1.807) is 31.2 Å². The van der Waals surface area contributed by atoms with Gasteiger partial charge in [0.1, 0.15) is 23.4 Å². The number of ketones is 1. The molecule has 2 aromatic heterocycles. The van der Waals surface area contributed by atoms with Gasteiger partial charge in [0, 0.05) is 16.7 Å². The van der Waals surface area contributed by atoms with Crippen molar-refractivity contribution in [2.75, 3.05) is 12.0 Å². The van der Waals surface area contributed by atoms with Crippen LogP contribution in [0.25, 0.3) is 10.2 Å². The van der Waals surface area contributed by atoms with Gasteiger partial charge in [-0.3, -0.25) is 14.5 Å². The first-order chi connectivity index (χ1) is 16.3. The van der Waals surface area contributed by atoms with Gasteiger partial charge in [0.05, 0.1) is 22.9 Å². The topological polar surface area (TPSA) is 92.9 Å². The number of Topliss-reactive ketones (excluding diaryl/α,β-unsaturated/α-hetero) is 1. The molecule has 0 fully saturated rings. The number of ether oxygens (including phenoxy) is 1. The number of carbonyl (C=O) groups excluding carboxylic acids is 2. The molecule has 0 aliphatic carbocycles. The number of hydrogen-bond donors (Lipinski definition) is 1. The molecule has 1 atom stereocenters. The lowest BCUT2D eigenvalue weighted by atomic mass is 9.94. The smallest absolute Gasteiger partial charge is 0.296 e. The number of aliphatic hydroxyl groups is 1. The number of aryl methyl sites for hydroxylation is 1. The van der Waals surface area contributed by atoms with E-state index in [1.165, 1.54) is 25.3 Å². The van der Waals surface area contributed by atoms with Crippen molar-refractivity contribution in [2.24, 2.45) is 0 Å². The molecule has 1 unspecified atom stereocenters. The highest BCUT2D eigenvalue weighted by Gasteiger charge is 2.47. The van der Waals surface area contributed by atoms with Gasteiger partial charge in [0.25, 0.3) is 5.91 Å². The second-order valence-corrected chi connectivity index (χ2v) is 9.02. The monoisotopic (exact) mass is 498 g/mol. The van der Waals surface area contributed by atoms with Crippen LogP contribution in [0.4, 0.5) is 9.52 Å². The summed E-state index contributed by atoms with van der Waals surface area (Å²) in [5, 5.41) is 11.5. The number of furan rings is 1. The van der Waals surface area contributed by atoms with Gasteiger partial charge in [-0.15, -0.1) is 0 Å². The van der Waals surface area contributed by atoms with Gasteiger partial charge in [0.15, 0.2) is 16.7 Å². The van der Waals surface area contributed by atoms with Crippen molar-refractivity contribution in [3.8, 4) is 5.75 Å². The van der Waals surface area contributed by atoms with Crippen LogP contribution in [0, 0.1) is 12.7 Å². The Morgan fingerprint density at radius 2 is 2.03 bits per heavy atom. The van der Waals surface area contributed by atoms with Gasteiger partial charge >= 0.3 is 0 Å². The first-order valence-electron chi connectivity index (χ1n) is 10.1. The maximum atomic E-state index is 15.2. The highest BCUT2D eigenvalue weighted by atomic mass is 35.5. The lowest BCUT2D eigenvalue weighted by Gasteiger charge is -2.24. The Morgan fingerprint density at radius 3 is 2.71 bits per heavy atom. The molecule has 34 heavy (non-hydrogen) atoms. The first kappa shape index (κ1) is 22.1. The van der Waals surface area contributed by atoms with Gasteiger partial charge in [0.2, 0.25) is 5.78 Å². The SMILES string of the molecule is COc1ccc(C2C(C(=O)c3ccc(C)o3)=C(O)C(=O)N2c2nc3ccc(Cl)cc3s2)c(F)c1. The minimum atomic E-state index is -1.28. The van der Waals surface area contributed by atoms with Crippen molar-refractivity contribution in [1.82, 2.24) is 4.98 Å². The Hall–Kier alpha value is -3.69. The van der Waals surface area contributed by atoms with Crippen LogP contribution in [-0.2, 0) is 4.79 Å². The fourth-order valence-electron chi connectivity index (χ4n) is 3.86. The zero-order chi connectivity index (χ0) is 24.1. The molecule has 1 aliphatic heterocycles. The van der Waals surface area contributed by atoms with Crippen LogP contribution in [0.3, 0.4) is 0 Å². The minimum Gasteiger partial charge on any atom is -0.503 e. The lowest BCUT2D eigenvalue weighted by molar-refractivity contribution is -0.117. The normalized spacial score (nSPS) is 16.1. The number of aliphatic hydroxyl groups excluding tert-OH is 1. The Morgan fingerprint density at radius 1 is 1.24 bits per heavy atom. The van der Waals surface area contributed by atoms with Crippen LogP contribution in [0.1, 0.15) is 27.9 Å². The molecule has 0 bridgehead atoms. The third kappa shape index (κ3) is 3.53. The van der Waals surface area contributed by atoms with Crippen LogP contribution in [0.15, 0.2) is 64.3 Å². The second kappa shape index (κ2) is 8.27. The molecule has 0 radical (unpaired) electrons. The number of fused-ring (bicyclic) bond motifs is 1. The zero-order valence-electron chi connectivity index (χ0n) is 17.8. The van der Waals surface area contributed by atoms with Gasteiger partial charge in [-0.25, -0.2) is 9.37 Å². The lowest BCUT2D eigenvalue weighted by Crippen LogP contribution is -2.31. The molecule has 172 valence electrons. The number of nitrogens with zero attached hydrogens (tertiary/aromatic N) is 2. The van der Waals surface area contributed by atoms with Crippen LogP contribution < -0.4 is 9.64 Å². The number of aromatic nitrogens is 1. The van der Waals surface area contributed by atoms with Crippen molar-refractivity contribution >= 4 is 50.0 Å². The molecule has 0 saturated heterocycles. The molecule has 4 aromatic rings. The number of hydrogen-bond acceptors (Lipinski definition) is 7. The Kier molecular flexibility index (Phi) is 5.38. The third-order valence-electron chi connectivity index (χ3n) is 5.46. The largest absolute Gasteiger partial charge is 0.503 e. The summed E-state index contributed by atoms with van der Waals surface area (Å²) >= 11 is 7.21. The van der Waals surface area contributed by atoms with Crippen LogP contribution in [-0.4, -0.2) is 28.9 Å². The molecule has 3 heterocycles. The predicted molar refractivity (Wildman–Crippen MR) is 125 cm³/mol. The van der Waals surface area contributed by atoms with E-state index in [0.29, 0.717) is 21.0 Å². The van der Waals surface area contributed by atoms with Crippen LogP contribution in [0.5, 0.6) is 5.75 Å². The Labute approximate surface area is 201 Å².